The van der Waals surface area contributed by atoms with Crippen LogP contribution in [0.4, 0.5) is 0 Å². The lowest BCUT2D eigenvalue weighted by atomic mass is 9.65. The first-order chi connectivity index (χ1) is 56.7. The quantitative estimate of drug-likeness (QED) is 0.136. The van der Waals surface area contributed by atoms with Crippen LogP contribution in [0.15, 0.2) is 388 Å². The van der Waals surface area contributed by atoms with Crippen LogP contribution in [0.5, 0.6) is 23.0 Å². The minimum absolute atomic E-state index is 0.230. The van der Waals surface area contributed by atoms with Gasteiger partial charge in [-0.15, -0.1) is 0 Å². The third-order valence-electron chi connectivity index (χ3n) is 24.9. The van der Waals surface area contributed by atoms with Gasteiger partial charge in [0.2, 0.25) is 0 Å². The molecule has 0 radical (unpaired) electrons. The highest BCUT2D eigenvalue weighted by molar-refractivity contribution is 5.94. The van der Waals surface area contributed by atoms with Crippen molar-refractivity contribution in [2.45, 2.75) is 30.1 Å². The van der Waals surface area contributed by atoms with Gasteiger partial charge in [0.1, 0.15) is 23.0 Å². The molecule has 2 aliphatic heterocycles. The summed E-state index contributed by atoms with van der Waals surface area (Å²) in [6.07, 6.45) is 0. The molecular formula is C109H70N4O2. The molecule has 0 N–H and O–H groups in total. The number of hydrogen-bond acceptors (Lipinski definition) is 6. The van der Waals surface area contributed by atoms with E-state index in [9.17, 15) is 0 Å². The zero-order valence-electron chi connectivity index (χ0n) is 63.1. The molecule has 0 atom stereocenters. The SMILES string of the molecule is CC1(C)c2ccccc2-c2ccc(-c3cc(-c4ccccc4-c4ccc5c(c4)C4(c6ccccc6O5)c5ccccc5-c5ccccc54)nc(-c4cccc(-c5ccc6c(c5)C5(c7cc(-c8cccc(-c9cccc(-c%10cc(-c%11ccccc%11)nc(-c%11ccccc%11)n%10)c9)c8)ccc7O6)c6ccccc6-c6ccccc65)c4)n3)cc21. The van der Waals surface area contributed by atoms with E-state index in [1.165, 1.54) is 66.8 Å². The molecule has 6 nitrogen and oxygen atoms in total. The number of ether oxygens (including phenoxy) is 2. The number of fused-ring (bicyclic) bond motifs is 21. The molecule has 0 saturated carbocycles. The van der Waals surface area contributed by atoms with Crippen LogP contribution in [-0.4, -0.2) is 19.9 Å². The maximum atomic E-state index is 7.26. The highest BCUT2D eigenvalue weighted by atomic mass is 16.5. The summed E-state index contributed by atoms with van der Waals surface area (Å²) in [5.74, 6) is 4.64. The van der Waals surface area contributed by atoms with E-state index in [0.29, 0.717) is 11.6 Å². The predicted octanol–water partition coefficient (Wildman–Crippen LogP) is 27.2. The molecule has 16 aromatic carbocycles. The van der Waals surface area contributed by atoms with Crippen LogP contribution in [0, 0.1) is 0 Å². The Hall–Kier alpha value is -14.7. The lowest BCUT2D eigenvalue weighted by molar-refractivity contribution is 0.436. The van der Waals surface area contributed by atoms with Gasteiger partial charge in [-0.25, -0.2) is 19.9 Å². The van der Waals surface area contributed by atoms with Gasteiger partial charge in [-0.1, -0.05) is 323 Å². The van der Waals surface area contributed by atoms with E-state index in [1.807, 2.05) is 24.3 Å². The molecule has 23 rings (SSSR count). The summed E-state index contributed by atoms with van der Waals surface area (Å²) in [7, 11) is 0. The van der Waals surface area contributed by atoms with E-state index < -0.39 is 10.8 Å². The Kier molecular flexibility index (Phi) is 14.8. The molecule has 2 aromatic heterocycles. The summed E-state index contributed by atoms with van der Waals surface area (Å²) in [6.45, 7) is 4.69. The summed E-state index contributed by atoms with van der Waals surface area (Å²) >= 11 is 0. The van der Waals surface area contributed by atoms with Gasteiger partial charge in [-0.2, -0.15) is 0 Å². The Morgan fingerprint density at radius 1 is 0.174 bits per heavy atom. The van der Waals surface area contributed by atoms with Gasteiger partial charge < -0.3 is 9.47 Å². The van der Waals surface area contributed by atoms with Gasteiger partial charge in [0, 0.05) is 61.0 Å². The first-order valence-electron chi connectivity index (χ1n) is 39.5. The molecule has 6 heteroatoms. The van der Waals surface area contributed by atoms with Gasteiger partial charge in [0.25, 0.3) is 0 Å². The Balaban J connectivity index is 0.649. The van der Waals surface area contributed by atoms with Crippen molar-refractivity contribution >= 4 is 0 Å². The maximum absolute atomic E-state index is 7.26. The van der Waals surface area contributed by atoms with Crippen LogP contribution in [0.2, 0.25) is 0 Å². The number of hydrogen-bond donors (Lipinski definition) is 0. The molecule has 115 heavy (non-hydrogen) atoms. The molecule has 0 saturated heterocycles. The second kappa shape index (κ2) is 25.7. The van der Waals surface area contributed by atoms with Crippen molar-refractivity contribution in [1.82, 2.24) is 19.9 Å². The van der Waals surface area contributed by atoms with Gasteiger partial charge in [-0.05, 0) is 190 Å². The van der Waals surface area contributed by atoms with Gasteiger partial charge in [-0.3, -0.25) is 0 Å². The van der Waals surface area contributed by atoms with E-state index in [0.717, 1.165) is 146 Å². The number of benzene rings is 16. The summed E-state index contributed by atoms with van der Waals surface area (Å²) in [6, 6.07) is 141. The number of nitrogens with zero attached hydrogens (tertiary/aromatic N) is 4. The Morgan fingerprint density at radius 3 is 1.02 bits per heavy atom. The number of para-hydroxylation sites is 1. The summed E-state index contributed by atoms with van der Waals surface area (Å²) < 4.78 is 14.2. The predicted molar refractivity (Wildman–Crippen MR) is 464 cm³/mol. The highest BCUT2D eigenvalue weighted by Crippen LogP contribution is 2.65. The first-order valence-corrected chi connectivity index (χ1v) is 39.5. The molecule has 3 aliphatic carbocycles. The average molecular weight is 1470 g/mol. The molecule has 4 heterocycles. The number of aromatic nitrogens is 4. The minimum Gasteiger partial charge on any atom is -0.457 e. The van der Waals surface area contributed by atoms with Crippen LogP contribution in [0.25, 0.3) is 146 Å². The average Bonchev–Trinajstić information content (AvgIpc) is 1.53. The van der Waals surface area contributed by atoms with Crippen LogP contribution < -0.4 is 9.47 Å². The highest BCUT2D eigenvalue weighted by Gasteiger charge is 2.53. The molecule has 538 valence electrons. The van der Waals surface area contributed by atoms with Crippen LogP contribution >= 0.6 is 0 Å². The normalized spacial score (nSPS) is 13.8. The van der Waals surface area contributed by atoms with E-state index in [2.05, 4.69) is 378 Å². The van der Waals surface area contributed by atoms with Crippen molar-refractivity contribution in [3.8, 4) is 169 Å². The number of rotatable bonds is 10. The third-order valence-corrected chi connectivity index (χ3v) is 24.9. The Morgan fingerprint density at radius 2 is 0.478 bits per heavy atom. The standard InChI is InChI=1S/C109H70N4O2/c1-107(2)87-43-16-11-37-80(87)85-54-50-77(64-93(85)107)99-66-100(86-42-10-9-36-79(86)75-53-57-104-96(63-75)108(92-48-21-22-49-101(92)114-104)88-44-17-12-38-81(88)82-39-13-18-45-89(82)108)113-106(112-99)78-35-25-33-72(60-78)74-52-56-103-95(62-74)109(90-46-19-14-40-83(90)84-41-15-20-47-91(84)109)94-61-73(51-55-102(94)115-103)70-31-23-30-69(58-70)71-32-24-34-76(59-71)98-65-97(67-26-5-3-6-27-67)110-105(111-98)68-28-7-4-8-29-68/h3-66H,1-2H3. The zero-order chi connectivity index (χ0) is 76.1. The van der Waals surface area contributed by atoms with Crippen LogP contribution in [0.3, 0.4) is 0 Å². The largest absolute Gasteiger partial charge is 0.457 e. The molecule has 0 unspecified atom stereocenters. The van der Waals surface area contributed by atoms with E-state index >= 15 is 0 Å². The topological polar surface area (TPSA) is 70.0 Å². The summed E-state index contributed by atoms with van der Waals surface area (Å²) in [5.41, 5.74) is 35.5. The lowest BCUT2D eigenvalue weighted by Gasteiger charge is -2.40. The molecule has 0 amide bonds. The van der Waals surface area contributed by atoms with Crippen molar-refractivity contribution in [1.29, 1.82) is 0 Å². The van der Waals surface area contributed by atoms with E-state index in [4.69, 9.17) is 29.4 Å². The smallest absolute Gasteiger partial charge is 0.160 e. The zero-order valence-corrected chi connectivity index (χ0v) is 63.1. The van der Waals surface area contributed by atoms with Crippen LogP contribution in [-0.2, 0) is 16.2 Å². The fourth-order valence-electron chi connectivity index (χ4n) is 19.6. The van der Waals surface area contributed by atoms with Crippen molar-refractivity contribution in [3.63, 3.8) is 0 Å². The Bertz CT molecular complexity index is 6950. The molecular weight excluding hydrogens is 1400 g/mol. The van der Waals surface area contributed by atoms with Gasteiger partial charge in [0.15, 0.2) is 11.6 Å². The van der Waals surface area contributed by atoms with Gasteiger partial charge in [0.05, 0.1) is 33.6 Å². The first kappa shape index (κ1) is 66.1. The van der Waals surface area contributed by atoms with Crippen molar-refractivity contribution in [3.05, 3.63) is 444 Å². The van der Waals surface area contributed by atoms with E-state index in [1.54, 1.807) is 0 Å². The van der Waals surface area contributed by atoms with Crippen molar-refractivity contribution in [2.75, 3.05) is 0 Å². The fourth-order valence-corrected chi connectivity index (χ4v) is 19.6. The summed E-state index contributed by atoms with van der Waals surface area (Å²) in [5, 5.41) is 0. The lowest BCUT2D eigenvalue weighted by Crippen LogP contribution is -2.32. The second-order valence-electron chi connectivity index (χ2n) is 31.4. The fraction of sp³-hybridized carbons (Fsp3) is 0.0459. The summed E-state index contributed by atoms with van der Waals surface area (Å²) in [4.78, 5) is 21.7. The third kappa shape index (κ3) is 10.1. The molecule has 0 bridgehead atoms. The molecule has 18 aromatic rings. The monoisotopic (exact) mass is 1470 g/mol. The minimum atomic E-state index is -0.770. The second-order valence-corrected chi connectivity index (χ2v) is 31.4. The molecule has 5 aliphatic rings. The van der Waals surface area contributed by atoms with Crippen molar-refractivity contribution < 1.29 is 9.47 Å². The van der Waals surface area contributed by atoms with E-state index in [-0.39, 0.29) is 5.41 Å². The van der Waals surface area contributed by atoms with Crippen LogP contribution in [0.1, 0.15) is 69.5 Å². The van der Waals surface area contributed by atoms with Gasteiger partial charge >= 0.3 is 0 Å². The Labute approximate surface area is 667 Å². The molecule has 2 spiro atoms. The maximum Gasteiger partial charge on any atom is 0.160 e. The molecule has 0 fully saturated rings. The van der Waals surface area contributed by atoms with Crippen molar-refractivity contribution in [2.24, 2.45) is 0 Å².